The van der Waals surface area contributed by atoms with E-state index in [0.717, 1.165) is 0 Å². The molecule has 1 aliphatic heterocycles. The van der Waals surface area contributed by atoms with E-state index < -0.39 is 5.91 Å². The van der Waals surface area contributed by atoms with Crippen molar-refractivity contribution in [1.82, 2.24) is 4.90 Å². The number of carbonyl (C=O) groups is 2. The zero-order valence-electron chi connectivity index (χ0n) is 13.4. The van der Waals surface area contributed by atoms with E-state index in [1.807, 2.05) is 0 Å². The zero-order valence-corrected chi connectivity index (χ0v) is 13.4. The Hall–Kier alpha value is -3.22. The monoisotopic (exact) mass is 327 g/mol. The lowest BCUT2D eigenvalue weighted by Crippen LogP contribution is -2.43. The van der Waals surface area contributed by atoms with Crippen LogP contribution in [0.25, 0.3) is 6.08 Å². The number of furan rings is 1. The first kappa shape index (κ1) is 15.7. The molecule has 1 aliphatic rings. The van der Waals surface area contributed by atoms with Crippen LogP contribution in [0.5, 0.6) is 5.75 Å². The molecular weight excluding hydrogens is 310 g/mol. The van der Waals surface area contributed by atoms with Crippen LogP contribution in [0.4, 0.5) is 11.4 Å². The second-order valence-electron chi connectivity index (χ2n) is 5.53. The molecule has 2 heterocycles. The minimum Gasteiger partial charge on any atom is -0.465 e. The van der Waals surface area contributed by atoms with Crippen molar-refractivity contribution >= 4 is 29.3 Å². The van der Waals surface area contributed by atoms with E-state index >= 15 is 0 Å². The van der Waals surface area contributed by atoms with E-state index in [2.05, 4.69) is 0 Å². The third-order valence-corrected chi connectivity index (χ3v) is 3.56. The molecule has 0 atom stereocenters. The average Bonchev–Trinajstić information content (AvgIpc) is 3.04. The zero-order chi connectivity index (χ0) is 17.3. The van der Waals surface area contributed by atoms with Gasteiger partial charge in [-0.15, -0.1) is 0 Å². The van der Waals surface area contributed by atoms with Crippen molar-refractivity contribution in [2.75, 3.05) is 31.3 Å². The Balaban J connectivity index is 2.02. The summed E-state index contributed by atoms with van der Waals surface area (Å²) in [5, 5.41) is 0. The average molecular weight is 327 g/mol. The minimum atomic E-state index is -0.418. The first-order valence-electron chi connectivity index (χ1n) is 7.30. The van der Waals surface area contributed by atoms with Gasteiger partial charge in [0.1, 0.15) is 12.3 Å². The van der Waals surface area contributed by atoms with Crippen molar-refractivity contribution in [1.29, 1.82) is 0 Å². The Morgan fingerprint density at radius 2 is 2.12 bits per heavy atom. The third-order valence-electron chi connectivity index (χ3n) is 3.56. The summed E-state index contributed by atoms with van der Waals surface area (Å²) in [7, 11) is 3.27. The molecule has 7 nitrogen and oxygen atoms in total. The molecule has 2 amide bonds. The molecule has 0 bridgehead atoms. The quantitative estimate of drug-likeness (QED) is 0.685. The molecule has 2 aromatic rings. The van der Waals surface area contributed by atoms with E-state index in [1.54, 1.807) is 44.4 Å². The number of rotatable bonds is 3. The molecule has 0 unspecified atom stereocenters. The van der Waals surface area contributed by atoms with Crippen molar-refractivity contribution < 1.29 is 18.7 Å². The predicted molar refractivity (Wildman–Crippen MR) is 89.2 cm³/mol. The van der Waals surface area contributed by atoms with Gasteiger partial charge in [-0.1, -0.05) is 0 Å². The fourth-order valence-electron chi connectivity index (χ4n) is 2.27. The SMILES string of the molecule is CN(C)C(=O)CN1C(=O)/C(=C\c2ccco2)Oc2cc(N)ccc21. The largest absolute Gasteiger partial charge is 0.465 e. The fourth-order valence-corrected chi connectivity index (χ4v) is 2.27. The highest BCUT2D eigenvalue weighted by Gasteiger charge is 2.32. The Morgan fingerprint density at radius 1 is 1.33 bits per heavy atom. The normalized spacial score (nSPS) is 15.2. The number of likely N-dealkylation sites (N-methyl/N-ethyl adjacent to an activating group) is 1. The maximum atomic E-state index is 12.7. The van der Waals surface area contributed by atoms with Gasteiger partial charge in [0.15, 0.2) is 11.5 Å². The molecule has 24 heavy (non-hydrogen) atoms. The number of ether oxygens (including phenoxy) is 1. The lowest BCUT2D eigenvalue weighted by Gasteiger charge is -2.30. The highest BCUT2D eigenvalue weighted by atomic mass is 16.5. The first-order valence-corrected chi connectivity index (χ1v) is 7.30. The van der Waals surface area contributed by atoms with Gasteiger partial charge in [-0.3, -0.25) is 14.5 Å². The molecule has 0 fully saturated rings. The van der Waals surface area contributed by atoms with Crippen molar-refractivity contribution in [3.05, 3.63) is 48.1 Å². The number of hydrogen-bond acceptors (Lipinski definition) is 5. The van der Waals surface area contributed by atoms with Gasteiger partial charge < -0.3 is 19.8 Å². The lowest BCUT2D eigenvalue weighted by molar-refractivity contribution is -0.129. The van der Waals surface area contributed by atoms with Gasteiger partial charge in [0.25, 0.3) is 5.91 Å². The highest BCUT2D eigenvalue weighted by molar-refractivity contribution is 6.12. The number of nitrogen functional groups attached to an aromatic ring is 1. The summed E-state index contributed by atoms with van der Waals surface area (Å²) < 4.78 is 10.9. The molecule has 2 N–H and O–H groups in total. The Kier molecular flexibility index (Phi) is 3.99. The number of anilines is 2. The van der Waals surface area contributed by atoms with Crippen LogP contribution in [0.2, 0.25) is 0 Å². The predicted octanol–water partition coefficient (Wildman–Crippen LogP) is 1.72. The topological polar surface area (TPSA) is 89.0 Å². The van der Waals surface area contributed by atoms with Crippen LogP contribution in [0.1, 0.15) is 5.76 Å². The van der Waals surface area contributed by atoms with E-state index in [0.29, 0.717) is 22.9 Å². The maximum Gasteiger partial charge on any atom is 0.294 e. The summed E-state index contributed by atoms with van der Waals surface area (Å²) in [5.74, 6) is 0.336. The number of nitrogens with zero attached hydrogens (tertiary/aromatic N) is 2. The molecule has 124 valence electrons. The number of benzene rings is 1. The van der Waals surface area contributed by atoms with Gasteiger partial charge in [-0.05, 0) is 24.3 Å². The highest BCUT2D eigenvalue weighted by Crippen LogP contribution is 2.37. The van der Waals surface area contributed by atoms with Crippen molar-refractivity contribution in [3.63, 3.8) is 0 Å². The van der Waals surface area contributed by atoms with Crippen LogP contribution >= 0.6 is 0 Å². The summed E-state index contributed by atoms with van der Waals surface area (Å²) in [6, 6.07) is 8.34. The maximum absolute atomic E-state index is 12.7. The van der Waals surface area contributed by atoms with Crippen LogP contribution in [-0.4, -0.2) is 37.4 Å². The molecule has 0 saturated heterocycles. The molecule has 1 aromatic heterocycles. The molecular formula is C17H17N3O4. The molecule has 0 radical (unpaired) electrons. The molecule has 1 aromatic carbocycles. The van der Waals surface area contributed by atoms with Gasteiger partial charge >= 0.3 is 0 Å². The van der Waals surface area contributed by atoms with Crippen LogP contribution in [-0.2, 0) is 9.59 Å². The second-order valence-corrected chi connectivity index (χ2v) is 5.53. The minimum absolute atomic E-state index is 0.0645. The lowest BCUT2D eigenvalue weighted by atomic mass is 10.2. The summed E-state index contributed by atoms with van der Waals surface area (Å²) in [5.41, 5.74) is 6.80. The van der Waals surface area contributed by atoms with Crippen LogP contribution in [0.3, 0.4) is 0 Å². The van der Waals surface area contributed by atoms with E-state index in [4.69, 9.17) is 14.9 Å². The Bertz CT molecular complexity index is 809. The van der Waals surface area contributed by atoms with Gasteiger partial charge in [0.05, 0.1) is 12.0 Å². The van der Waals surface area contributed by atoms with Crippen LogP contribution in [0.15, 0.2) is 46.8 Å². The summed E-state index contributed by atoms with van der Waals surface area (Å²) in [6.45, 7) is -0.0956. The van der Waals surface area contributed by atoms with Crippen molar-refractivity contribution in [2.24, 2.45) is 0 Å². The van der Waals surface area contributed by atoms with Crippen molar-refractivity contribution in [3.8, 4) is 5.75 Å². The Labute approximate surface area is 138 Å². The molecule has 0 aliphatic carbocycles. The number of nitrogens with two attached hydrogens (primary N) is 1. The number of hydrogen-bond donors (Lipinski definition) is 1. The standard InChI is InChI=1S/C17H17N3O4/c1-19(2)16(21)10-20-13-6-5-11(18)8-14(13)24-15(17(20)22)9-12-4-3-7-23-12/h3-9H,10,18H2,1-2H3/b15-9+. The van der Waals surface area contributed by atoms with Crippen molar-refractivity contribution in [2.45, 2.75) is 0 Å². The summed E-state index contributed by atoms with van der Waals surface area (Å²) in [6.07, 6.45) is 2.99. The van der Waals surface area contributed by atoms with E-state index in [1.165, 1.54) is 22.1 Å². The number of carbonyl (C=O) groups excluding carboxylic acids is 2. The van der Waals surface area contributed by atoms with E-state index in [9.17, 15) is 9.59 Å². The van der Waals surface area contributed by atoms with E-state index in [-0.39, 0.29) is 18.2 Å². The Morgan fingerprint density at radius 3 is 2.79 bits per heavy atom. The van der Waals surface area contributed by atoms with Gasteiger partial charge in [-0.2, -0.15) is 0 Å². The van der Waals surface area contributed by atoms with Gasteiger partial charge in [-0.25, -0.2) is 0 Å². The summed E-state index contributed by atoms with van der Waals surface area (Å²) >= 11 is 0. The smallest absolute Gasteiger partial charge is 0.294 e. The fraction of sp³-hybridized carbons (Fsp3) is 0.176. The second kappa shape index (κ2) is 6.11. The first-order chi connectivity index (χ1) is 11.5. The van der Waals surface area contributed by atoms with Crippen LogP contribution < -0.4 is 15.4 Å². The van der Waals surface area contributed by atoms with Crippen LogP contribution in [0, 0.1) is 0 Å². The molecule has 0 spiro atoms. The molecule has 0 saturated carbocycles. The summed E-state index contributed by atoms with van der Waals surface area (Å²) in [4.78, 5) is 27.6. The number of amides is 2. The number of fused-ring (bicyclic) bond motifs is 1. The molecule has 7 heteroatoms. The van der Waals surface area contributed by atoms with Gasteiger partial charge in [0.2, 0.25) is 5.91 Å². The third kappa shape index (κ3) is 2.96. The van der Waals surface area contributed by atoms with Gasteiger partial charge in [0, 0.05) is 31.9 Å². The molecule has 3 rings (SSSR count).